The van der Waals surface area contributed by atoms with Crippen molar-refractivity contribution in [1.82, 2.24) is 4.98 Å². The van der Waals surface area contributed by atoms with Crippen LogP contribution < -0.4 is 10.1 Å². The number of aryl methyl sites for hydroxylation is 1. The lowest BCUT2D eigenvalue weighted by atomic mass is 10.2. The smallest absolute Gasteiger partial charge is 0.160 e. The zero-order valence-corrected chi connectivity index (χ0v) is 9.73. The van der Waals surface area contributed by atoms with Crippen LogP contribution in [0.2, 0.25) is 0 Å². The van der Waals surface area contributed by atoms with Crippen LogP contribution in [0.15, 0.2) is 12.3 Å². The molecule has 1 saturated carbocycles. The standard InChI is InChI=1S/C12H18N2O2/c1-8-5-10(12(16-2)7-13-8)14-6-11(15)9-3-4-9/h5,7,9,11,15H,3-4,6H2,1-2H3,(H,13,14). The quantitative estimate of drug-likeness (QED) is 0.794. The fourth-order valence-corrected chi connectivity index (χ4v) is 1.71. The SMILES string of the molecule is COc1cnc(C)cc1NCC(O)C1CC1. The molecule has 1 unspecified atom stereocenters. The third-order valence-corrected chi connectivity index (χ3v) is 2.89. The summed E-state index contributed by atoms with van der Waals surface area (Å²) in [7, 11) is 1.62. The number of hydrogen-bond acceptors (Lipinski definition) is 4. The summed E-state index contributed by atoms with van der Waals surface area (Å²) in [6, 6.07) is 1.93. The summed E-state index contributed by atoms with van der Waals surface area (Å²) in [5.41, 5.74) is 1.83. The molecule has 1 heterocycles. The summed E-state index contributed by atoms with van der Waals surface area (Å²) in [6.07, 6.45) is 3.74. The number of nitrogens with zero attached hydrogens (tertiary/aromatic N) is 1. The van der Waals surface area contributed by atoms with E-state index in [9.17, 15) is 5.11 Å². The first-order valence-corrected chi connectivity index (χ1v) is 5.63. The molecule has 16 heavy (non-hydrogen) atoms. The second kappa shape index (κ2) is 4.70. The second-order valence-corrected chi connectivity index (χ2v) is 4.31. The van der Waals surface area contributed by atoms with Crippen LogP contribution in [-0.2, 0) is 0 Å². The first-order chi connectivity index (χ1) is 7.70. The summed E-state index contributed by atoms with van der Waals surface area (Å²) in [4.78, 5) is 4.16. The molecule has 88 valence electrons. The van der Waals surface area contributed by atoms with Crippen LogP contribution in [0.3, 0.4) is 0 Å². The number of nitrogens with one attached hydrogen (secondary N) is 1. The Bertz CT molecular complexity index is 364. The Kier molecular flexibility index (Phi) is 3.29. The number of anilines is 1. The van der Waals surface area contributed by atoms with Gasteiger partial charge in [-0.1, -0.05) is 0 Å². The molecule has 1 atom stereocenters. The molecular formula is C12H18N2O2. The molecule has 0 aromatic carbocycles. The molecule has 4 nitrogen and oxygen atoms in total. The molecule has 2 rings (SSSR count). The van der Waals surface area contributed by atoms with Gasteiger partial charge < -0.3 is 15.2 Å². The number of ether oxygens (including phenoxy) is 1. The summed E-state index contributed by atoms with van der Waals surface area (Å²) in [5.74, 6) is 1.20. The van der Waals surface area contributed by atoms with E-state index in [0.717, 1.165) is 24.2 Å². The minimum absolute atomic E-state index is 0.252. The van der Waals surface area contributed by atoms with Gasteiger partial charge in [0.2, 0.25) is 0 Å². The average molecular weight is 222 g/mol. The fraction of sp³-hybridized carbons (Fsp3) is 0.583. The number of aromatic nitrogens is 1. The zero-order chi connectivity index (χ0) is 11.5. The molecule has 4 heteroatoms. The molecule has 1 aliphatic rings. The monoisotopic (exact) mass is 222 g/mol. The van der Waals surface area contributed by atoms with Crippen molar-refractivity contribution < 1.29 is 9.84 Å². The van der Waals surface area contributed by atoms with E-state index in [1.165, 1.54) is 0 Å². The van der Waals surface area contributed by atoms with Crippen molar-refractivity contribution in [2.75, 3.05) is 19.0 Å². The van der Waals surface area contributed by atoms with Crippen LogP contribution in [0.25, 0.3) is 0 Å². The van der Waals surface area contributed by atoms with E-state index in [1.807, 2.05) is 13.0 Å². The normalized spacial score (nSPS) is 16.9. The molecule has 1 aromatic rings. The lowest BCUT2D eigenvalue weighted by molar-refractivity contribution is 0.164. The number of rotatable bonds is 5. The summed E-state index contributed by atoms with van der Waals surface area (Å²) in [5, 5.41) is 13.0. The highest BCUT2D eigenvalue weighted by Crippen LogP contribution is 2.33. The van der Waals surface area contributed by atoms with Crippen LogP contribution in [0.5, 0.6) is 5.75 Å². The van der Waals surface area contributed by atoms with Crippen molar-refractivity contribution >= 4 is 5.69 Å². The number of hydrogen-bond donors (Lipinski definition) is 2. The number of methoxy groups -OCH3 is 1. The first kappa shape index (κ1) is 11.2. The molecule has 1 fully saturated rings. The van der Waals surface area contributed by atoms with Crippen molar-refractivity contribution in [3.8, 4) is 5.75 Å². The van der Waals surface area contributed by atoms with Crippen molar-refractivity contribution in [2.45, 2.75) is 25.9 Å². The lowest BCUT2D eigenvalue weighted by Crippen LogP contribution is -2.21. The van der Waals surface area contributed by atoms with E-state index in [1.54, 1.807) is 13.3 Å². The van der Waals surface area contributed by atoms with Crippen molar-refractivity contribution in [3.05, 3.63) is 18.0 Å². The molecular weight excluding hydrogens is 204 g/mol. The van der Waals surface area contributed by atoms with Gasteiger partial charge in [0.05, 0.1) is 25.1 Å². The van der Waals surface area contributed by atoms with Crippen molar-refractivity contribution in [1.29, 1.82) is 0 Å². The topological polar surface area (TPSA) is 54.4 Å². The van der Waals surface area contributed by atoms with Crippen molar-refractivity contribution in [2.24, 2.45) is 5.92 Å². The number of aliphatic hydroxyl groups is 1. The van der Waals surface area contributed by atoms with E-state index in [0.29, 0.717) is 18.2 Å². The molecule has 0 aliphatic heterocycles. The Morgan fingerprint density at radius 2 is 2.38 bits per heavy atom. The molecule has 0 radical (unpaired) electrons. The predicted molar refractivity (Wildman–Crippen MR) is 62.7 cm³/mol. The van der Waals surface area contributed by atoms with Crippen LogP contribution in [-0.4, -0.2) is 29.8 Å². The highest BCUT2D eigenvalue weighted by Gasteiger charge is 2.29. The van der Waals surface area contributed by atoms with Crippen LogP contribution in [0.4, 0.5) is 5.69 Å². The molecule has 0 saturated heterocycles. The minimum atomic E-state index is -0.252. The van der Waals surface area contributed by atoms with Gasteiger partial charge in [-0.2, -0.15) is 0 Å². The van der Waals surface area contributed by atoms with Gasteiger partial charge in [-0.15, -0.1) is 0 Å². The third-order valence-electron chi connectivity index (χ3n) is 2.89. The third kappa shape index (κ3) is 2.64. The predicted octanol–water partition coefficient (Wildman–Crippen LogP) is 1.58. The van der Waals surface area contributed by atoms with E-state index >= 15 is 0 Å². The van der Waals surface area contributed by atoms with E-state index in [4.69, 9.17) is 4.74 Å². The average Bonchev–Trinajstić information content (AvgIpc) is 3.10. The fourth-order valence-electron chi connectivity index (χ4n) is 1.71. The van der Waals surface area contributed by atoms with Gasteiger partial charge in [-0.25, -0.2) is 0 Å². The highest BCUT2D eigenvalue weighted by atomic mass is 16.5. The summed E-state index contributed by atoms with van der Waals surface area (Å²) in [6.45, 7) is 2.51. The highest BCUT2D eigenvalue weighted by molar-refractivity contribution is 5.55. The van der Waals surface area contributed by atoms with Gasteiger partial charge >= 0.3 is 0 Å². The van der Waals surface area contributed by atoms with E-state index in [-0.39, 0.29) is 6.10 Å². The molecule has 0 spiro atoms. The minimum Gasteiger partial charge on any atom is -0.493 e. The number of aliphatic hydroxyl groups excluding tert-OH is 1. The van der Waals surface area contributed by atoms with Gasteiger partial charge in [0, 0.05) is 12.2 Å². The maximum atomic E-state index is 9.76. The Morgan fingerprint density at radius 1 is 1.62 bits per heavy atom. The largest absolute Gasteiger partial charge is 0.493 e. The second-order valence-electron chi connectivity index (χ2n) is 4.31. The zero-order valence-electron chi connectivity index (χ0n) is 9.73. The molecule has 0 bridgehead atoms. The summed E-state index contributed by atoms with van der Waals surface area (Å²) >= 11 is 0. The molecule has 1 aromatic heterocycles. The van der Waals surface area contributed by atoms with Crippen LogP contribution >= 0.6 is 0 Å². The van der Waals surface area contributed by atoms with Gasteiger partial charge in [-0.05, 0) is 31.7 Å². The Labute approximate surface area is 95.7 Å². The molecule has 1 aliphatic carbocycles. The first-order valence-electron chi connectivity index (χ1n) is 5.63. The maximum Gasteiger partial charge on any atom is 0.160 e. The van der Waals surface area contributed by atoms with Crippen LogP contribution in [0, 0.1) is 12.8 Å². The van der Waals surface area contributed by atoms with Gasteiger partial charge in [-0.3, -0.25) is 4.98 Å². The van der Waals surface area contributed by atoms with E-state index < -0.39 is 0 Å². The molecule has 0 amide bonds. The van der Waals surface area contributed by atoms with Gasteiger partial charge in [0.15, 0.2) is 5.75 Å². The van der Waals surface area contributed by atoms with E-state index in [2.05, 4.69) is 10.3 Å². The van der Waals surface area contributed by atoms with Gasteiger partial charge in [0.1, 0.15) is 0 Å². The number of pyridine rings is 1. The Morgan fingerprint density at radius 3 is 3.00 bits per heavy atom. The maximum absolute atomic E-state index is 9.76. The lowest BCUT2D eigenvalue weighted by Gasteiger charge is -2.14. The Balaban J connectivity index is 1.98. The van der Waals surface area contributed by atoms with Crippen LogP contribution in [0.1, 0.15) is 18.5 Å². The van der Waals surface area contributed by atoms with Crippen molar-refractivity contribution in [3.63, 3.8) is 0 Å². The molecule has 2 N–H and O–H groups in total. The summed E-state index contributed by atoms with van der Waals surface area (Å²) < 4.78 is 5.20. The Hall–Kier alpha value is -1.29. The van der Waals surface area contributed by atoms with Gasteiger partial charge in [0.25, 0.3) is 0 Å².